The molecule has 160 valence electrons. The summed E-state index contributed by atoms with van der Waals surface area (Å²) in [5.41, 5.74) is 4.25. The van der Waals surface area contributed by atoms with Gasteiger partial charge in [0.2, 0.25) is 0 Å². The lowest BCUT2D eigenvalue weighted by atomic mass is 9.76. The monoisotopic (exact) mass is 446 g/mol. The molecule has 0 radical (unpaired) electrons. The van der Waals surface area contributed by atoms with Gasteiger partial charge in [-0.05, 0) is 46.0 Å². The molecule has 1 heterocycles. The van der Waals surface area contributed by atoms with Crippen molar-refractivity contribution in [2.24, 2.45) is 0 Å². The number of allylic oxidation sites excluding steroid dienone is 4. The minimum absolute atomic E-state index is 0.00626. The molecule has 1 aliphatic rings. The Labute approximate surface area is 197 Å². The molecule has 0 saturated carbocycles. The molecule has 0 aliphatic heterocycles. The summed E-state index contributed by atoms with van der Waals surface area (Å²) in [6, 6.07) is 25.5. The van der Waals surface area contributed by atoms with Crippen molar-refractivity contribution in [3.05, 3.63) is 103 Å². The zero-order valence-electron chi connectivity index (χ0n) is 18.3. The van der Waals surface area contributed by atoms with Gasteiger partial charge in [0.25, 0.3) is 0 Å². The van der Waals surface area contributed by atoms with Gasteiger partial charge in [0.1, 0.15) is 0 Å². The van der Waals surface area contributed by atoms with Crippen molar-refractivity contribution >= 4 is 54.9 Å². The molecule has 0 saturated heterocycles. The highest BCUT2D eigenvalue weighted by molar-refractivity contribution is 7.27. The fourth-order valence-electron chi connectivity index (χ4n) is 5.02. The normalized spacial score (nSPS) is 17.9. The molecule has 4 heteroatoms. The summed E-state index contributed by atoms with van der Waals surface area (Å²) < 4.78 is 2.09. The lowest BCUT2D eigenvalue weighted by Gasteiger charge is -2.27. The third kappa shape index (κ3) is 3.34. The molecule has 5 aromatic rings. The SMILES string of the molecule is CC1(c2cccc(-c3ccc4sc5c(B(O)O)cc6ccccc6c5c4c3)c2)C=CC=CC1. The first-order valence-electron chi connectivity index (χ1n) is 11.2. The average molecular weight is 446 g/mol. The van der Waals surface area contributed by atoms with Gasteiger partial charge in [-0.15, -0.1) is 11.3 Å². The molecule has 0 fully saturated rings. The summed E-state index contributed by atoms with van der Waals surface area (Å²) in [5, 5.41) is 24.6. The van der Waals surface area contributed by atoms with E-state index in [1.54, 1.807) is 11.3 Å². The quantitative estimate of drug-likeness (QED) is 0.318. The summed E-state index contributed by atoms with van der Waals surface area (Å²) in [6.07, 6.45) is 9.77. The van der Waals surface area contributed by atoms with E-state index in [9.17, 15) is 10.0 Å². The Hall–Kier alpha value is -3.18. The fraction of sp³-hybridized carbons (Fsp3) is 0.103. The van der Waals surface area contributed by atoms with Crippen LogP contribution in [0.5, 0.6) is 0 Å². The Bertz CT molecular complexity index is 1590. The number of fused-ring (bicyclic) bond motifs is 5. The predicted octanol–water partition coefficient (Wildman–Crippen LogP) is 6.33. The lowest BCUT2D eigenvalue weighted by molar-refractivity contribution is 0.426. The van der Waals surface area contributed by atoms with Crippen molar-refractivity contribution in [1.29, 1.82) is 0 Å². The van der Waals surface area contributed by atoms with Crippen molar-refractivity contribution < 1.29 is 10.0 Å². The van der Waals surface area contributed by atoms with Gasteiger partial charge in [0.15, 0.2) is 0 Å². The molecule has 2 nitrogen and oxygen atoms in total. The standard InChI is InChI=1S/C29H23BO2S/c1-29(14-5-2-6-15-29)22-10-7-9-19(16-22)20-12-13-26-24(17-20)27-23-11-4-3-8-21(23)18-25(30(31)32)28(27)33-26/h2-14,16-18,31-32H,15H2,1H3. The zero-order chi connectivity index (χ0) is 22.6. The maximum atomic E-state index is 10.1. The first kappa shape index (κ1) is 20.4. The van der Waals surface area contributed by atoms with Gasteiger partial charge >= 0.3 is 7.12 Å². The Morgan fingerprint density at radius 3 is 2.52 bits per heavy atom. The van der Waals surface area contributed by atoms with E-state index in [4.69, 9.17) is 0 Å². The van der Waals surface area contributed by atoms with Gasteiger partial charge in [-0.25, -0.2) is 0 Å². The highest BCUT2D eigenvalue weighted by atomic mass is 32.1. The van der Waals surface area contributed by atoms with Gasteiger partial charge < -0.3 is 10.0 Å². The van der Waals surface area contributed by atoms with Crippen LogP contribution < -0.4 is 5.46 Å². The van der Waals surface area contributed by atoms with Crippen molar-refractivity contribution in [2.75, 3.05) is 0 Å². The average Bonchev–Trinajstić information content (AvgIpc) is 3.23. The van der Waals surface area contributed by atoms with Crippen LogP contribution >= 0.6 is 11.3 Å². The first-order chi connectivity index (χ1) is 16.0. The Balaban J connectivity index is 1.58. The van der Waals surface area contributed by atoms with E-state index in [1.807, 2.05) is 24.3 Å². The van der Waals surface area contributed by atoms with E-state index in [0.717, 1.165) is 37.4 Å². The molecule has 1 aliphatic carbocycles. The van der Waals surface area contributed by atoms with Crippen LogP contribution in [0.2, 0.25) is 0 Å². The van der Waals surface area contributed by atoms with Crippen LogP contribution in [0.3, 0.4) is 0 Å². The van der Waals surface area contributed by atoms with E-state index < -0.39 is 7.12 Å². The summed E-state index contributed by atoms with van der Waals surface area (Å²) in [4.78, 5) is 0. The minimum Gasteiger partial charge on any atom is -0.423 e. The van der Waals surface area contributed by atoms with Crippen LogP contribution in [0.25, 0.3) is 42.1 Å². The molecule has 1 unspecified atom stereocenters. The molecule has 0 amide bonds. The molecule has 4 aromatic carbocycles. The maximum Gasteiger partial charge on any atom is 0.489 e. The number of hydrogen-bond donors (Lipinski definition) is 2. The summed E-state index contributed by atoms with van der Waals surface area (Å²) >= 11 is 1.62. The number of hydrogen-bond acceptors (Lipinski definition) is 3. The van der Waals surface area contributed by atoms with Crippen LogP contribution in [0.1, 0.15) is 18.9 Å². The summed E-state index contributed by atoms with van der Waals surface area (Å²) in [5.74, 6) is 0. The highest BCUT2D eigenvalue weighted by Gasteiger charge is 2.24. The second kappa shape index (κ2) is 7.70. The van der Waals surface area contributed by atoms with Crippen LogP contribution in [0.15, 0.2) is 97.1 Å². The van der Waals surface area contributed by atoms with E-state index in [2.05, 4.69) is 79.8 Å². The smallest absolute Gasteiger partial charge is 0.423 e. The number of rotatable bonds is 3. The molecular formula is C29H23BO2S. The Morgan fingerprint density at radius 1 is 0.848 bits per heavy atom. The van der Waals surface area contributed by atoms with Gasteiger partial charge in [-0.2, -0.15) is 0 Å². The van der Waals surface area contributed by atoms with Crippen molar-refractivity contribution in [1.82, 2.24) is 0 Å². The zero-order valence-corrected chi connectivity index (χ0v) is 19.1. The van der Waals surface area contributed by atoms with Gasteiger partial charge in [-0.3, -0.25) is 0 Å². The fourth-order valence-corrected chi connectivity index (χ4v) is 6.25. The van der Waals surface area contributed by atoms with Crippen LogP contribution in [0.4, 0.5) is 0 Å². The molecule has 2 N–H and O–H groups in total. The molecular weight excluding hydrogens is 423 g/mol. The molecule has 33 heavy (non-hydrogen) atoms. The molecule has 1 atom stereocenters. The van der Waals surface area contributed by atoms with Gasteiger partial charge in [0, 0.05) is 31.1 Å². The van der Waals surface area contributed by atoms with E-state index in [1.165, 1.54) is 16.7 Å². The van der Waals surface area contributed by atoms with Crippen LogP contribution in [0, 0.1) is 0 Å². The Morgan fingerprint density at radius 2 is 1.70 bits per heavy atom. The number of thiophene rings is 1. The lowest BCUT2D eigenvalue weighted by Crippen LogP contribution is -2.29. The van der Waals surface area contributed by atoms with E-state index in [0.29, 0.717) is 5.46 Å². The molecule has 6 rings (SSSR count). The molecule has 0 bridgehead atoms. The molecule has 0 spiro atoms. The van der Waals surface area contributed by atoms with Crippen molar-refractivity contribution in [3.63, 3.8) is 0 Å². The van der Waals surface area contributed by atoms with Crippen LogP contribution in [-0.4, -0.2) is 17.2 Å². The van der Waals surface area contributed by atoms with E-state index >= 15 is 0 Å². The van der Waals surface area contributed by atoms with Crippen LogP contribution in [-0.2, 0) is 5.41 Å². The minimum atomic E-state index is -1.50. The maximum absolute atomic E-state index is 10.1. The summed E-state index contributed by atoms with van der Waals surface area (Å²) in [7, 11) is -1.50. The van der Waals surface area contributed by atoms with Gasteiger partial charge in [0.05, 0.1) is 0 Å². The van der Waals surface area contributed by atoms with Crippen molar-refractivity contribution in [3.8, 4) is 11.1 Å². The van der Waals surface area contributed by atoms with E-state index in [-0.39, 0.29) is 5.41 Å². The predicted molar refractivity (Wildman–Crippen MR) is 142 cm³/mol. The van der Waals surface area contributed by atoms with Crippen molar-refractivity contribution in [2.45, 2.75) is 18.8 Å². The second-order valence-corrected chi connectivity index (χ2v) is 10.1. The molecule has 1 aromatic heterocycles. The first-order valence-corrected chi connectivity index (χ1v) is 12.0. The number of benzene rings is 4. The second-order valence-electron chi connectivity index (χ2n) is 9.07. The third-order valence-corrected chi connectivity index (χ3v) is 8.10. The summed E-state index contributed by atoms with van der Waals surface area (Å²) in [6.45, 7) is 2.29. The highest BCUT2D eigenvalue weighted by Crippen LogP contribution is 2.40. The third-order valence-electron chi connectivity index (χ3n) is 6.88. The largest absolute Gasteiger partial charge is 0.489 e. The Kier molecular flexibility index (Phi) is 4.77. The van der Waals surface area contributed by atoms with Gasteiger partial charge in [-0.1, -0.05) is 91.9 Å². The topological polar surface area (TPSA) is 40.5 Å².